The van der Waals surface area contributed by atoms with Crippen molar-refractivity contribution < 1.29 is 4.79 Å². The number of hydrogen-bond acceptors (Lipinski definition) is 4. The third-order valence-electron chi connectivity index (χ3n) is 4.87. The van der Waals surface area contributed by atoms with Crippen molar-refractivity contribution in [3.8, 4) is 11.3 Å². The lowest BCUT2D eigenvalue weighted by atomic mass is 9.88. The van der Waals surface area contributed by atoms with E-state index in [9.17, 15) is 4.79 Å². The predicted octanol–water partition coefficient (Wildman–Crippen LogP) is 3.67. The summed E-state index contributed by atoms with van der Waals surface area (Å²) in [5.41, 5.74) is 2.49. The first-order valence-electron chi connectivity index (χ1n) is 9.42. The Morgan fingerprint density at radius 1 is 1.23 bits per heavy atom. The van der Waals surface area contributed by atoms with Crippen LogP contribution < -0.4 is 0 Å². The number of aromatic nitrogens is 4. The molecular formula is C20H29N5O. The van der Waals surface area contributed by atoms with Gasteiger partial charge < -0.3 is 4.90 Å². The zero-order chi connectivity index (χ0) is 18.9. The van der Waals surface area contributed by atoms with E-state index in [1.165, 1.54) is 0 Å². The molecule has 0 aliphatic carbocycles. The molecule has 1 aliphatic heterocycles. The lowest BCUT2D eigenvalue weighted by molar-refractivity contribution is -0.140. The summed E-state index contributed by atoms with van der Waals surface area (Å²) in [6, 6.07) is 0.304. The van der Waals surface area contributed by atoms with Gasteiger partial charge in [0.2, 0.25) is 5.91 Å². The fraction of sp³-hybridized carbons (Fsp3) is 0.600. The van der Waals surface area contributed by atoms with E-state index >= 15 is 0 Å². The van der Waals surface area contributed by atoms with Crippen molar-refractivity contribution in [1.29, 1.82) is 0 Å². The van der Waals surface area contributed by atoms with Crippen LogP contribution in [0.4, 0.5) is 0 Å². The van der Waals surface area contributed by atoms with E-state index < -0.39 is 0 Å². The molecule has 0 bridgehead atoms. The van der Waals surface area contributed by atoms with Gasteiger partial charge >= 0.3 is 0 Å². The molecule has 1 atom stereocenters. The highest BCUT2D eigenvalue weighted by molar-refractivity contribution is 5.81. The molecule has 1 saturated heterocycles. The Morgan fingerprint density at radius 3 is 2.62 bits per heavy atom. The first kappa shape index (κ1) is 18.5. The predicted molar refractivity (Wildman–Crippen MR) is 102 cm³/mol. The average molecular weight is 355 g/mol. The van der Waals surface area contributed by atoms with Crippen LogP contribution in [0.1, 0.15) is 65.1 Å². The topological polar surface area (TPSA) is 63.9 Å². The first-order valence-corrected chi connectivity index (χ1v) is 9.42. The van der Waals surface area contributed by atoms with E-state index in [1.54, 1.807) is 12.4 Å². The maximum Gasteiger partial charge on any atom is 0.227 e. The summed E-state index contributed by atoms with van der Waals surface area (Å²) in [4.78, 5) is 23.9. The summed E-state index contributed by atoms with van der Waals surface area (Å²) >= 11 is 0. The van der Waals surface area contributed by atoms with Crippen LogP contribution in [0, 0.1) is 5.41 Å². The molecule has 0 saturated carbocycles. The molecule has 1 fully saturated rings. The van der Waals surface area contributed by atoms with Gasteiger partial charge in [-0.15, -0.1) is 0 Å². The second-order valence-corrected chi connectivity index (χ2v) is 8.43. The molecule has 3 rings (SSSR count). The lowest BCUT2D eigenvalue weighted by Gasteiger charge is -2.36. The van der Waals surface area contributed by atoms with E-state index in [1.807, 2.05) is 42.7 Å². The molecule has 2 aromatic rings. The van der Waals surface area contributed by atoms with E-state index in [0.717, 1.165) is 36.3 Å². The minimum atomic E-state index is -0.356. The van der Waals surface area contributed by atoms with Gasteiger partial charge in [0.05, 0.1) is 17.6 Å². The highest BCUT2D eigenvalue weighted by Gasteiger charge is 2.33. The maximum atomic E-state index is 12.7. The highest BCUT2D eigenvalue weighted by Crippen LogP contribution is 2.33. The Hall–Kier alpha value is -2.24. The van der Waals surface area contributed by atoms with E-state index in [2.05, 4.69) is 28.9 Å². The third kappa shape index (κ3) is 3.79. The minimum Gasteiger partial charge on any atom is -0.342 e. The monoisotopic (exact) mass is 355 g/mol. The number of carbonyl (C=O) groups is 1. The van der Waals surface area contributed by atoms with Crippen molar-refractivity contribution >= 4 is 5.91 Å². The smallest absolute Gasteiger partial charge is 0.227 e. The van der Waals surface area contributed by atoms with Crippen LogP contribution in [0.3, 0.4) is 0 Å². The molecule has 1 amide bonds. The van der Waals surface area contributed by atoms with Crippen LogP contribution in [-0.2, 0) is 4.79 Å². The number of rotatable bonds is 3. The quantitative estimate of drug-likeness (QED) is 0.842. The normalized spacial score (nSPS) is 18.4. The molecule has 1 aliphatic rings. The van der Waals surface area contributed by atoms with E-state index in [0.29, 0.717) is 12.6 Å². The third-order valence-corrected chi connectivity index (χ3v) is 4.87. The van der Waals surface area contributed by atoms with Gasteiger partial charge in [0, 0.05) is 54.6 Å². The van der Waals surface area contributed by atoms with Crippen molar-refractivity contribution in [3.63, 3.8) is 0 Å². The molecule has 0 spiro atoms. The number of hydrogen-bond donors (Lipinski definition) is 0. The molecule has 2 aromatic heterocycles. The fourth-order valence-corrected chi connectivity index (χ4v) is 3.47. The van der Waals surface area contributed by atoms with Gasteiger partial charge in [-0.3, -0.25) is 19.4 Å². The summed E-state index contributed by atoms with van der Waals surface area (Å²) in [5, 5.41) is 4.44. The minimum absolute atomic E-state index is 0.209. The van der Waals surface area contributed by atoms with Gasteiger partial charge in [-0.2, -0.15) is 5.10 Å². The van der Waals surface area contributed by atoms with Crippen molar-refractivity contribution in [2.24, 2.45) is 5.41 Å². The van der Waals surface area contributed by atoms with Gasteiger partial charge in [0.25, 0.3) is 0 Å². The molecular weight excluding hydrogens is 326 g/mol. The molecule has 0 radical (unpaired) electrons. The Morgan fingerprint density at radius 2 is 1.96 bits per heavy atom. The van der Waals surface area contributed by atoms with Gasteiger partial charge in [-0.05, 0) is 26.7 Å². The van der Waals surface area contributed by atoms with Crippen LogP contribution in [-0.4, -0.2) is 43.6 Å². The summed E-state index contributed by atoms with van der Waals surface area (Å²) in [7, 11) is 0. The zero-order valence-corrected chi connectivity index (χ0v) is 16.4. The number of nitrogens with zero attached hydrogens (tertiary/aromatic N) is 5. The zero-order valence-electron chi connectivity index (χ0n) is 16.4. The van der Waals surface area contributed by atoms with Crippen molar-refractivity contribution in [2.45, 2.75) is 59.4 Å². The molecule has 3 heterocycles. The van der Waals surface area contributed by atoms with Gasteiger partial charge in [-0.25, -0.2) is 0 Å². The first-order chi connectivity index (χ1) is 12.3. The molecule has 0 aromatic carbocycles. The van der Waals surface area contributed by atoms with Crippen molar-refractivity contribution in [1.82, 2.24) is 24.6 Å². The van der Waals surface area contributed by atoms with Crippen molar-refractivity contribution in [2.75, 3.05) is 13.1 Å². The van der Waals surface area contributed by atoms with Crippen LogP contribution in [0.15, 0.2) is 24.8 Å². The molecule has 26 heavy (non-hydrogen) atoms. The van der Waals surface area contributed by atoms with Crippen LogP contribution >= 0.6 is 0 Å². The molecule has 140 valence electrons. The van der Waals surface area contributed by atoms with Crippen LogP contribution in [0.2, 0.25) is 0 Å². The number of piperidine rings is 1. The Labute approximate surface area is 155 Å². The van der Waals surface area contributed by atoms with E-state index in [-0.39, 0.29) is 17.2 Å². The largest absolute Gasteiger partial charge is 0.342 e. The molecule has 6 heteroatoms. The van der Waals surface area contributed by atoms with Crippen molar-refractivity contribution in [3.05, 3.63) is 30.5 Å². The molecule has 0 N–H and O–H groups in total. The van der Waals surface area contributed by atoms with Crippen LogP contribution in [0.5, 0.6) is 0 Å². The highest BCUT2D eigenvalue weighted by atomic mass is 16.2. The Balaban J connectivity index is 1.88. The Kier molecular flexibility index (Phi) is 5.12. The Bertz CT molecular complexity index is 775. The fourth-order valence-electron chi connectivity index (χ4n) is 3.47. The second kappa shape index (κ2) is 7.17. The SMILES string of the molecule is CC(C)n1cc(-c2nccnc2C2CCCN(C(=O)C(C)(C)C)C2)cn1. The number of likely N-dealkylation sites (tertiary alicyclic amines) is 1. The second-order valence-electron chi connectivity index (χ2n) is 8.43. The molecule has 6 nitrogen and oxygen atoms in total. The average Bonchev–Trinajstić information content (AvgIpc) is 3.11. The van der Waals surface area contributed by atoms with Crippen LogP contribution in [0.25, 0.3) is 11.3 Å². The summed E-state index contributed by atoms with van der Waals surface area (Å²) in [6.45, 7) is 11.7. The van der Waals surface area contributed by atoms with Gasteiger partial charge in [0.15, 0.2) is 0 Å². The lowest BCUT2D eigenvalue weighted by Crippen LogP contribution is -2.44. The van der Waals surface area contributed by atoms with Gasteiger partial charge in [0.1, 0.15) is 0 Å². The molecule has 1 unspecified atom stereocenters. The summed E-state index contributed by atoms with van der Waals surface area (Å²) < 4.78 is 1.93. The van der Waals surface area contributed by atoms with E-state index in [4.69, 9.17) is 0 Å². The van der Waals surface area contributed by atoms with Gasteiger partial charge in [-0.1, -0.05) is 20.8 Å². The number of amides is 1. The number of carbonyl (C=O) groups excluding carboxylic acids is 1. The summed E-state index contributed by atoms with van der Waals surface area (Å²) in [5.74, 6) is 0.418. The standard InChI is InChI=1S/C20H29N5O/c1-14(2)25-13-16(11-23-25)18-17(21-8-9-22-18)15-7-6-10-24(12-15)19(26)20(3,4)5/h8-9,11,13-15H,6-7,10,12H2,1-5H3. The summed E-state index contributed by atoms with van der Waals surface area (Å²) in [6.07, 6.45) is 9.38. The maximum absolute atomic E-state index is 12.7.